The maximum absolute atomic E-state index is 12.8. The van der Waals surface area contributed by atoms with Crippen LogP contribution in [0.2, 0.25) is 0 Å². The van der Waals surface area contributed by atoms with Gasteiger partial charge in [0.1, 0.15) is 11.6 Å². The van der Waals surface area contributed by atoms with E-state index in [4.69, 9.17) is 10.5 Å². The van der Waals surface area contributed by atoms with Gasteiger partial charge in [0.2, 0.25) is 0 Å². The van der Waals surface area contributed by atoms with Gasteiger partial charge in [0, 0.05) is 29.2 Å². The summed E-state index contributed by atoms with van der Waals surface area (Å²) in [5.74, 6) is 0.449. The minimum Gasteiger partial charge on any atom is -0.494 e. The maximum atomic E-state index is 12.8. The molecule has 2 rings (SSSR count). The Balaban J connectivity index is 2.20. The quantitative estimate of drug-likeness (QED) is 0.811. The number of nitrogens with one attached hydrogen (secondary N) is 1. The van der Waals surface area contributed by atoms with Crippen LogP contribution in [0.15, 0.2) is 42.5 Å². The summed E-state index contributed by atoms with van der Waals surface area (Å²) in [6.45, 7) is 2.50. The highest BCUT2D eigenvalue weighted by Gasteiger charge is 2.01. The van der Waals surface area contributed by atoms with Gasteiger partial charge in [-0.2, -0.15) is 0 Å². The topological polar surface area (TPSA) is 47.3 Å². The first kappa shape index (κ1) is 12.2. The van der Waals surface area contributed by atoms with Gasteiger partial charge >= 0.3 is 0 Å². The van der Waals surface area contributed by atoms with Crippen molar-refractivity contribution in [2.45, 2.75) is 6.92 Å². The molecule has 0 heterocycles. The number of nitrogens with two attached hydrogens (primary N) is 1. The molecule has 0 radical (unpaired) electrons. The maximum Gasteiger partial charge on any atom is 0.123 e. The van der Waals surface area contributed by atoms with Gasteiger partial charge in [0.15, 0.2) is 0 Å². The Morgan fingerprint density at radius 1 is 1.11 bits per heavy atom. The fourth-order valence-electron chi connectivity index (χ4n) is 1.64. The first-order valence-electron chi connectivity index (χ1n) is 5.73. The van der Waals surface area contributed by atoms with Gasteiger partial charge in [0.25, 0.3) is 0 Å². The molecule has 0 bridgehead atoms. The first-order valence-corrected chi connectivity index (χ1v) is 5.73. The molecule has 0 atom stereocenters. The number of nitrogen functional groups attached to an aromatic ring is 1. The summed E-state index contributed by atoms with van der Waals surface area (Å²) < 4.78 is 18.2. The van der Waals surface area contributed by atoms with E-state index in [9.17, 15) is 4.39 Å². The molecule has 0 saturated heterocycles. The predicted molar refractivity (Wildman–Crippen MR) is 71.7 cm³/mol. The molecule has 3 nitrogen and oxygen atoms in total. The highest BCUT2D eigenvalue weighted by atomic mass is 19.1. The van der Waals surface area contributed by atoms with Crippen LogP contribution in [0.25, 0.3) is 0 Å². The molecule has 2 aromatic rings. The van der Waals surface area contributed by atoms with Crippen LogP contribution >= 0.6 is 0 Å². The molecule has 0 unspecified atom stereocenters. The van der Waals surface area contributed by atoms with E-state index in [1.165, 1.54) is 12.1 Å². The fraction of sp³-hybridized carbons (Fsp3) is 0.143. The zero-order chi connectivity index (χ0) is 13.0. The van der Waals surface area contributed by atoms with E-state index >= 15 is 0 Å². The van der Waals surface area contributed by atoms with Crippen LogP contribution in [-0.2, 0) is 0 Å². The minimum absolute atomic E-state index is 0.261. The van der Waals surface area contributed by atoms with E-state index in [2.05, 4.69) is 5.32 Å². The molecule has 0 aromatic heterocycles. The molecule has 94 valence electrons. The standard InChI is InChI=1S/C14H15FN2O/c1-2-18-14-8-11(16)7-13(9-14)17-12-5-3-10(15)4-6-12/h3-9,17H,2,16H2,1H3. The van der Waals surface area contributed by atoms with Crippen LogP contribution in [-0.4, -0.2) is 6.61 Å². The van der Waals surface area contributed by atoms with Crippen molar-refractivity contribution in [1.82, 2.24) is 0 Å². The van der Waals surface area contributed by atoms with Crippen LogP contribution < -0.4 is 15.8 Å². The number of halogens is 1. The van der Waals surface area contributed by atoms with Crippen molar-refractivity contribution in [2.24, 2.45) is 0 Å². The lowest BCUT2D eigenvalue weighted by molar-refractivity contribution is 0.340. The Hall–Kier alpha value is -2.23. The zero-order valence-corrected chi connectivity index (χ0v) is 10.1. The van der Waals surface area contributed by atoms with E-state index in [-0.39, 0.29) is 5.82 Å². The van der Waals surface area contributed by atoms with Gasteiger partial charge in [-0.15, -0.1) is 0 Å². The molecule has 0 fully saturated rings. The average molecular weight is 246 g/mol. The van der Waals surface area contributed by atoms with E-state index in [1.807, 2.05) is 13.0 Å². The number of hydrogen-bond donors (Lipinski definition) is 2. The molecule has 0 spiro atoms. The summed E-state index contributed by atoms with van der Waals surface area (Å²) in [5.41, 5.74) is 8.01. The number of rotatable bonds is 4. The van der Waals surface area contributed by atoms with Crippen molar-refractivity contribution in [3.63, 3.8) is 0 Å². The van der Waals surface area contributed by atoms with Crippen molar-refractivity contribution < 1.29 is 9.13 Å². The van der Waals surface area contributed by atoms with Crippen LogP contribution in [0.4, 0.5) is 21.5 Å². The Labute approximate surface area is 105 Å². The normalized spacial score (nSPS) is 10.1. The van der Waals surface area contributed by atoms with E-state index in [0.717, 1.165) is 11.4 Å². The van der Waals surface area contributed by atoms with Crippen LogP contribution in [0.3, 0.4) is 0 Å². The molecule has 0 aliphatic rings. The van der Waals surface area contributed by atoms with E-state index in [1.54, 1.807) is 24.3 Å². The number of hydrogen-bond acceptors (Lipinski definition) is 3. The lowest BCUT2D eigenvalue weighted by Crippen LogP contribution is -1.96. The third-order valence-corrected chi connectivity index (χ3v) is 2.37. The van der Waals surface area contributed by atoms with Crippen LogP contribution in [0.5, 0.6) is 5.75 Å². The van der Waals surface area contributed by atoms with Gasteiger partial charge < -0.3 is 15.8 Å². The van der Waals surface area contributed by atoms with Gasteiger partial charge in [-0.1, -0.05) is 0 Å². The average Bonchev–Trinajstić information content (AvgIpc) is 2.32. The van der Waals surface area contributed by atoms with Crippen molar-refractivity contribution in [1.29, 1.82) is 0 Å². The number of benzene rings is 2. The van der Waals surface area contributed by atoms with E-state index in [0.29, 0.717) is 18.0 Å². The largest absolute Gasteiger partial charge is 0.494 e. The van der Waals surface area contributed by atoms with Gasteiger partial charge in [0.05, 0.1) is 6.61 Å². The molecular formula is C14H15FN2O. The fourth-order valence-corrected chi connectivity index (χ4v) is 1.64. The number of ether oxygens (including phenoxy) is 1. The molecule has 0 aliphatic carbocycles. The Bertz CT molecular complexity index is 526. The Kier molecular flexibility index (Phi) is 3.67. The summed E-state index contributed by atoms with van der Waals surface area (Å²) in [6.07, 6.45) is 0. The van der Waals surface area contributed by atoms with Crippen molar-refractivity contribution in [3.8, 4) is 5.75 Å². The molecular weight excluding hydrogens is 231 g/mol. The van der Waals surface area contributed by atoms with Crippen molar-refractivity contribution in [3.05, 3.63) is 48.3 Å². The molecule has 0 saturated carbocycles. The summed E-state index contributed by atoms with van der Waals surface area (Å²) in [5, 5.41) is 3.14. The molecule has 2 aromatic carbocycles. The molecule has 4 heteroatoms. The lowest BCUT2D eigenvalue weighted by Gasteiger charge is -2.10. The second-order valence-electron chi connectivity index (χ2n) is 3.86. The second kappa shape index (κ2) is 5.40. The SMILES string of the molecule is CCOc1cc(N)cc(Nc2ccc(F)cc2)c1. The predicted octanol–water partition coefficient (Wildman–Crippen LogP) is 3.55. The number of anilines is 3. The highest BCUT2D eigenvalue weighted by Crippen LogP contribution is 2.25. The third kappa shape index (κ3) is 3.13. The third-order valence-electron chi connectivity index (χ3n) is 2.37. The Morgan fingerprint density at radius 2 is 1.83 bits per heavy atom. The smallest absolute Gasteiger partial charge is 0.123 e. The molecule has 0 amide bonds. The van der Waals surface area contributed by atoms with Crippen molar-refractivity contribution >= 4 is 17.1 Å². The summed E-state index contributed by atoms with van der Waals surface area (Å²) in [4.78, 5) is 0. The highest BCUT2D eigenvalue weighted by molar-refractivity contribution is 5.66. The summed E-state index contributed by atoms with van der Waals surface area (Å²) >= 11 is 0. The van der Waals surface area contributed by atoms with Gasteiger partial charge in [-0.05, 0) is 37.3 Å². The molecule has 18 heavy (non-hydrogen) atoms. The minimum atomic E-state index is -0.261. The van der Waals surface area contributed by atoms with Crippen LogP contribution in [0, 0.1) is 5.82 Å². The summed E-state index contributed by atoms with van der Waals surface area (Å²) in [6, 6.07) is 11.5. The van der Waals surface area contributed by atoms with E-state index < -0.39 is 0 Å². The molecule has 3 N–H and O–H groups in total. The molecule has 0 aliphatic heterocycles. The van der Waals surface area contributed by atoms with Gasteiger partial charge in [-0.25, -0.2) is 4.39 Å². The zero-order valence-electron chi connectivity index (χ0n) is 10.1. The Morgan fingerprint density at radius 3 is 2.50 bits per heavy atom. The second-order valence-corrected chi connectivity index (χ2v) is 3.86. The van der Waals surface area contributed by atoms with Crippen molar-refractivity contribution in [2.75, 3.05) is 17.7 Å². The monoisotopic (exact) mass is 246 g/mol. The first-order chi connectivity index (χ1) is 8.67. The van der Waals surface area contributed by atoms with Gasteiger partial charge in [-0.3, -0.25) is 0 Å². The summed E-state index contributed by atoms with van der Waals surface area (Å²) in [7, 11) is 0. The van der Waals surface area contributed by atoms with Crippen LogP contribution in [0.1, 0.15) is 6.92 Å². The lowest BCUT2D eigenvalue weighted by atomic mass is 10.2.